The quantitative estimate of drug-likeness (QED) is 0.0344. The molecule has 20 rings (SSSR count). The van der Waals surface area contributed by atoms with Gasteiger partial charge in [0.25, 0.3) is 59.1 Å². The minimum atomic E-state index is -2.71. The molecular weight excluding hydrogens is 1750 g/mol. The Morgan fingerprint density at radius 3 is 0.761 bits per heavy atom. The van der Waals surface area contributed by atoms with E-state index in [0.29, 0.717) is 132 Å². The molecule has 0 aliphatic carbocycles. The molecule has 8 aliphatic rings. The van der Waals surface area contributed by atoms with Crippen LogP contribution in [0.3, 0.4) is 0 Å². The highest BCUT2D eigenvalue weighted by Gasteiger charge is 2.47. The molecule has 2 unspecified atom stereocenters. The molecule has 12 aromatic rings. The van der Waals surface area contributed by atoms with E-state index in [1.807, 2.05) is 143 Å². The molecule has 134 heavy (non-hydrogen) atoms. The number of hydrogen-bond donors (Lipinski definition) is 8. The normalized spacial score (nSPS) is 18.6. The standard InChI is InChI=1S/2C23H22F2N6O3.2C23H23FN6O3/c2*1-30-17-10-15(31-12-23(24,25)13-31)7-8-18(17)34-11-16(22(30)33)26-21(32)20-27-19(28-29-20)9-14-5-3-2-4-6-14;2*1-29-18-10-16(30-11-15(24)12-30)7-8-19(18)33-13-17(23(29)32)25-22(31)21-26-20(27-28-21)9-14-5-3-2-4-6-14/h2*2-8,10,16H,9,11-13H2,1H3,(H,26,32)(H,27,28,29);2*2-8,10,15,17H,9,11-13H2,1H3,(H,25,31)(H,26,27,28)/t16-;;17-;/m1.1./s1. The number of fused-ring (bicyclic) bond motifs is 4. The first-order chi connectivity index (χ1) is 64.5. The monoisotopic (exact) mass is 1840 g/mol. The smallest absolute Gasteiger partial charge is 0.291 e. The Morgan fingerprint density at radius 2 is 0.552 bits per heavy atom. The topological polar surface area (TPSA) is 414 Å². The van der Waals surface area contributed by atoms with Gasteiger partial charge in [-0.25, -0.2) is 46.3 Å². The van der Waals surface area contributed by atoms with Crippen molar-refractivity contribution in [3.05, 3.63) is 263 Å². The van der Waals surface area contributed by atoms with Crippen molar-refractivity contribution in [3.8, 4) is 23.0 Å². The van der Waals surface area contributed by atoms with Crippen molar-refractivity contribution in [1.29, 1.82) is 0 Å². The number of aromatic nitrogens is 12. The molecule has 0 saturated carbocycles. The van der Waals surface area contributed by atoms with Crippen LogP contribution in [-0.2, 0) is 44.9 Å². The van der Waals surface area contributed by atoms with E-state index >= 15 is 0 Å². The number of alkyl halides is 6. The molecule has 692 valence electrons. The van der Waals surface area contributed by atoms with Crippen molar-refractivity contribution in [2.45, 2.75) is 74.0 Å². The van der Waals surface area contributed by atoms with Gasteiger partial charge in [0.1, 0.15) is 109 Å². The summed E-state index contributed by atoms with van der Waals surface area (Å²) in [5, 5.41) is 37.5. The number of nitrogens with zero attached hydrogens (tertiary/aromatic N) is 16. The fourth-order valence-electron chi connectivity index (χ4n) is 15.8. The van der Waals surface area contributed by atoms with Gasteiger partial charge in [-0.15, -0.1) is 20.4 Å². The summed E-state index contributed by atoms with van der Waals surface area (Å²) in [6.07, 6.45) is 0.317. The van der Waals surface area contributed by atoms with Gasteiger partial charge in [0.05, 0.1) is 75.1 Å². The van der Waals surface area contributed by atoms with Crippen LogP contribution in [0, 0.1) is 0 Å². The molecule has 8 aromatic carbocycles. The maximum Gasteiger partial charge on any atom is 0.291 e. The molecule has 8 amide bonds. The van der Waals surface area contributed by atoms with E-state index < -0.39 is 83.8 Å². The summed E-state index contributed by atoms with van der Waals surface area (Å²) in [4.78, 5) is 132. The van der Waals surface area contributed by atoms with Gasteiger partial charge < -0.3 is 79.4 Å². The third-order valence-electron chi connectivity index (χ3n) is 23.2. The number of nitrogens with one attached hydrogen (secondary N) is 8. The Labute approximate surface area is 761 Å². The van der Waals surface area contributed by atoms with Crippen LogP contribution in [0.4, 0.5) is 71.8 Å². The SMILES string of the molecule is CN1C(=O)C(NC(=O)c2n[nH]c(Cc3ccccc3)n2)COc2ccc(N3CC(F)(F)C3)cc21.CN1C(=O)C(NC(=O)c2n[nH]c(Cc3ccccc3)n2)COc2ccc(N3CC(F)C3)cc21.CN1C(=O)[C@H](NC(=O)c2n[nH]c(Cc3ccccc3)n2)COc2ccc(N3CC(F)(F)C3)cc21.CN1C(=O)[C@H](NC(=O)c2n[nH]c(Cc3ccccc3)n2)COc2ccc(N3CC(F)C3)cc21. The Hall–Kier alpha value is -15.9. The van der Waals surface area contributed by atoms with E-state index in [4.69, 9.17) is 18.9 Å². The number of carbonyl (C=O) groups excluding carboxylic acids is 8. The van der Waals surface area contributed by atoms with Gasteiger partial charge in [-0.2, -0.15) is 0 Å². The summed E-state index contributed by atoms with van der Waals surface area (Å²) in [7, 11) is 6.34. The van der Waals surface area contributed by atoms with Crippen molar-refractivity contribution < 1.29 is 83.6 Å². The average molecular weight is 1840 g/mol. The number of ether oxygens (including phenoxy) is 4. The molecule has 0 bridgehead atoms. The van der Waals surface area contributed by atoms with E-state index in [0.717, 1.165) is 33.6 Å². The van der Waals surface area contributed by atoms with Crippen LogP contribution in [-0.4, -0.2) is 263 Å². The third kappa shape index (κ3) is 20.8. The molecule has 8 aliphatic heterocycles. The average Bonchev–Trinajstić information content (AvgIpc) is 1.09. The number of aromatic amines is 4. The molecule has 4 saturated heterocycles. The van der Waals surface area contributed by atoms with Crippen LogP contribution in [0.2, 0.25) is 0 Å². The van der Waals surface area contributed by atoms with Gasteiger partial charge in [-0.3, -0.25) is 58.8 Å². The van der Waals surface area contributed by atoms with E-state index in [-0.39, 0.29) is 87.7 Å². The van der Waals surface area contributed by atoms with Crippen LogP contribution < -0.4 is 79.4 Å². The van der Waals surface area contributed by atoms with Crippen LogP contribution >= 0.6 is 0 Å². The molecular formula is C92H90F6N24O12. The lowest BCUT2D eigenvalue weighted by Crippen LogP contribution is -2.56. The second kappa shape index (κ2) is 38.6. The first kappa shape index (κ1) is 90.0. The largest absolute Gasteiger partial charge is 0.489 e. The first-order valence-electron chi connectivity index (χ1n) is 42.8. The van der Waals surface area contributed by atoms with Crippen molar-refractivity contribution >= 4 is 92.8 Å². The van der Waals surface area contributed by atoms with Crippen molar-refractivity contribution in [2.75, 3.05) is 146 Å². The van der Waals surface area contributed by atoms with Gasteiger partial charge in [-0.1, -0.05) is 121 Å². The van der Waals surface area contributed by atoms with E-state index in [9.17, 15) is 64.7 Å². The van der Waals surface area contributed by atoms with Gasteiger partial charge >= 0.3 is 0 Å². The summed E-state index contributed by atoms with van der Waals surface area (Å²) >= 11 is 0. The highest BCUT2D eigenvalue weighted by Crippen LogP contribution is 2.43. The maximum absolute atomic E-state index is 13.3. The maximum atomic E-state index is 13.3. The zero-order chi connectivity index (χ0) is 93.6. The zero-order valence-corrected chi connectivity index (χ0v) is 72.6. The number of anilines is 8. The van der Waals surface area contributed by atoms with E-state index in [2.05, 4.69) is 82.0 Å². The summed E-state index contributed by atoms with van der Waals surface area (Å²) in [6.45, 7) is -0.391. The number of likely N-dealkylation sites (N-methyl/N-ethyl adjacent to an activating group) is 4. The predicted molar refractivity (Wildman–Crippen MR) is 477 cm³/mol. The van der Waals surface area contributed by atoms with Gasteiger partial charge in [0, 0.05) is 76.6 Å². The second-order valence-electron chi connectivity index (χ2n) is 33.0. The number of amides is 8. The zero-order valence-electron chi connectivity index (χ0n) is 72.6. The van der Waals surface area contributed by atoms with E-state index in [1.165, 1.54) is 29.4 Å². The fraction of sp³-hybridized carbons (Fsp3) is 0.304. The minimum Gasteiger partial charge on any atom is -0.489 e. The summed E-state index contributed by atoms with van der Waals surface area (Å²) in [5.74, 6) is -5.45. The highest BCUT2D eigenvalue weighted by molar-refractivity contribution is 6.06. The minimum absolute atomic E-state index is 0.0289. The molecule has 0 spiro atoms. The van der Waals surface area contributed by atoms with Crippen LogP contribution in [0.25, 0.3) is 0 Å². The number of benzene rings is 8. The molecule has 42 heteroatoms. The number of halogens is 6. The number of H-pyrrole nitrogens is 4. The Kier molecular flexibility index (Phi) is 25.9. The fourth-order valence-corrected chi connectivity index (χ4v) is 15.8. The number of carbonyl (C=O) groups is 8. The lowest BCUT2D eigenvalue weighted by atomic mass is 10.1. The molecule has 4 fully saturated rings. The Bertz CT molecular complexity index is 5930. The summed E-state index contributed by atoms with van der Waals surface area (Å²) < 4.78 is 103. The number of rotatable bonds is 20. The van der Waals surface area contributed by atoms with E-state index in [1.54, 1.807) is 88.9 Å². The van der Waals surface area contributed by atoms with Crippen molar-refractivity contribution in [1.82, 2.24) is 82.0 Å². The van der Waals surface area contributed by atoms with Crippen LogP contribution in [0.5, 0.6) is 23.0 Å². The second-order valence-corrected chi connectivity index (χ2v) is 33.0. The lowest BCUT2D eigenvalue weighted by Gasteiger charge is -2.40. The Morgan fingerprint density at radius 1 is 0.336 bits per heavy atom. The first-order valence-corrected chi connectivity index (χ1v) is 42.8. The Balaban J connectivity index is 0.000000124. The van der Waals surface area contributed by atoms with Gasteiger partial charge in [0.15, 0.2) is 0 Å². The van der Waals surface area contributed by atoms with Gasteiger partial charge in [0.2, 0.25) is 23.3 Å². The van der Waals surface area contributed by atoms with Crippen LogP contribution in [0.1, 0.15) is 88.0 Å². The lowest BCUT2D eigenvalue weighted by molar-refractivity contribution is -0.121. The molecule has 0 radical (unpaired) electrons. The summed E-state index contributed by atoms with van der Waals surface area (Å²) in [5.41, 5.74) is 8.90. The van der Waals surface area contributed by atoms with Crippen molar-refractivity contribution in [3.63, 3.8) is 0 Å². The number of hydrogen-bond acceptors (Lipinski definition) is 24. The third-order valence-corrected chi connectivity index (χ3v) is 23.2. The molecule has 4 aromatic heterocycles. The van der Waals surface area contributed by atoms with Crippen molar-refractivity contribution in [2.24, 2.45) is 0 Å². The molecule has 36 nitrogen and oxygen atoms in total. The van der Waals surface area contributed by atoms with Gasteiger partial charge in [-0.05, 0) is 95.1 Å². The molecule has 8 N–H and O–H groups in total. The van der Waals surface area contributed by atoms with Crippen LogP contribution in [0.15, 0.2) is 194 Å². The molecule has 4 atom stereocenters. The predicted octanol–water partition coefficient (Wildman–Crippen LogP) is 7.42. The summed E-state index contributed by atoms with van der Waals surface area (Å²) in [6, 6.07) is 55.5. The molecule has 12 heterocycles. The highest BCUT2D eigenvalue weighted by atomic mass is 19.3.